The van der Waals surface area contributed by atoms with Gasteiger partial charge >= 0.3 is 11.9 Å². The summed E-state index contributed by atoms with van der Waals surface area (Å²) in [6.45, 7) is 6.60. The minimum atomic E-state index is -1.17. The lowest BCUT2D eigenvalue weighted by atomic mass is 9.56. The summed E-state index contributed by atoms with van der Waals surface area (Å²) in [5.41, 5.74) is 6.70. The van der Waals surface area contributed by atoms with Gasteiger partial charge in [-0.25, -0.2) is 0 Å². The number of aromatic amines is 2. The number of likely N-dealkylation sites (tertiary alicyclic amines) is 1. The largest absolute Gasteiger partial charge is 0.496 e. The molecule has 10 nitrogen and oxygen atoms in total. The first-order chi connectivity index (χ1) is 26.2. The summed E-state index contributed by atoms with van der Waals surface area (Å²) < 4.78 is 17.6. The number of hydrogen-bond acceptors (Lipinski definition) is 8. The maximum atomic E-state index is 14.3. The molecule has 4 aliphatic heterocycles. The van der Waals surface area contributed by atoms with Crippen molar-refractivity contribution in [2.45, 2.75) is 75.8 Å². The molecule has 10 rings (SSSR count). The quantitative estimate of drug-likeness (QED) is 0.167. The van der Waals surface area contributed by atoms with Crippen LogP contribution in [-0.2, 0) is 37.3 Å². The number of benzene rings is 2. The third kappa shape index (κ3) is 4.68. The van der Waals surface area contributed by atoms with Crippen molar-refractivity contribution in [2.24, 2.45) is 23.2 Å². The van der Waals surface area contributed by atoms with Gasteiger partial charge in [-0.15, -0.1) is 0 Å². The average molecular weight is 735 g/mol. The predicted octanol–water partition coefficient (Wildman–Crippen LogP) is 5.85. The average Bonchev–Trinajstić information content (AvgIpc) is 3.72. The van der Waals surface area contributed by atoms with Crippen LogP contribution in [0.4, 0.5) is 0 Å². The van der Waals surface area contributed by atoms with E-state index in [9.17, 15) is 14.7 Å². The van der Waals surface area contributed by atoms with E-state index in [1.165, 1.54) is 12.7 Å². The number of allylic oxidation sites excluding steroid dienone is 1. The number of piperidine rings is 3. The Morgan fingerprint density at radius 1 is 1.02 bits per heavy atom. The Balaban J connectivity index is 1.30. The number of aromatic nitrogens is 2. The molecule has 2 aromatic carbocycles. The maximum Gasteiger partial charge on any atom is 0.319 e. The molecule has 3 saturated heterocycles. The second-order valence-electron chi connectivity index (χ2n) is 16.8. The van der Waals surface area contributed by atoms with Crippen LogP contribution in [0.1, 0.15) is 73.5 Å². The number of nitrogens with zero attached hydrogens (tertiary/aromatic N) is 2. The summed E-state index contributed by atoms with van der Waals surface area (Å²) in [7, 11) is 6.76. The van der Waals surface area contributed by atoms with Gasteiger partial charge in [0.2, 0.25) is 0 Å². The van der Waals surface area contributed by atoms with Crippen molar-refractivity contribution in [2.75, 3.05) is 54.6 Å². The third-order valence-corrected chi connectivity index (χ3v) is 14.8. The fourth-order valence-corrected chi connectivity index (χ4v) is 12.6. The van der Waals surface area contributed by atoms with Gasteiger partial charge in [-0.1, -0.05) is 43.2 Å². The zero-order valence-electron chi connectivity index (χ0n) is 32.5. The van der Waals surface area contributed by atoms with E-state index in [0.717, 1.165) is 94.4 Å². The van der Waals surface area contributed by atoms with Crippen molar-refractivity contribution >= 4 is 33.7 Å². The molecule has 6 aliphatic rings. The molecule has 10 heteroatoms. The predicted molar refractivity (Wildman–Crippen MR) is 208 cm³/mol. The van der Waals surface area contributed by atoms with Crippen molar-refractivity contribution in [1.82, 2.24) is 19.8 Å². The number of aliphatic hydroxyl groups is 1. The highest BCUT2D eigenvalue weighted by Crippen LogP contribution is 2.57. The highest BCUT2D eigenvalue weighted by molar-refractivity contribution is 5.93. The Morgan fingerprint density at radius 3 is 2.54 bits per heavy atom. The van der Waals surface area contributed by atoms with Gasteiger partial charge in [-0.2, -0.15) is 0 Å². The molecule has 1 saturated carbocycles. The van der Waals surface area contributed by atoms with Gasteiger partial charge in [0.1, 0.15) is 16.6 Å². The van der Waals surface area contributed by atoms with Crippen molar-refractivity contribution < 1.29 is 28.9 Å². The van der Waals surface area contributed by atoms with E-state index in [0.29, 0.717) is 31.2 Å². The summed E-state index contributed by atoms with van der Waals surface area (Å²) in [5.74, 6) is 0.613. The van der Waals surface area contributed by atoms with Crippen LogP contribution in [0.2, 0.25) is 0 Å². The van der Waals surface area contributed by atoms with Crippen molar-refractivity contribution in [3.63, 3.8) is 0 Å². The number of carbonyl (C=O) groups is 2. The second kappa shape index (κ2) is 13.0. The van der Waals surface area contributed by atoms with Crippen LogP contribution < -0.4 is 4.74 Å². The number of carbonyl (C=O) groups excluding carboxylic acids is 2. The van der Waals surface area contributed by atoms with Gasteiger partial charge in [0.05, 0.1) is 27.9 Å². The highest BCUT2D eigenvalue weighted by Gasteiger charge is 2.63. The van der Waals surface area contributed by atoms with E-state index in [4.69, 9.17) is 14.2 Å². The number of rotatable bonds is 6. The van der Waals surface area contributed by atoms with Crippen LogP contribution >= 0.6 is 0 Å². The minimum Gasteiger partial charge on any atom is -0.496 e. The van der Waals surface area contributed by atoms with Crippen molar-refractivity contribution in [1.29, 1.82) is 0 Å². The summed E-state index contributed by atoms with van der Waals surface area (Å²) >= 11 is 0. The summed E-state index contributed by atoms with van der Waals surface area (Å²) in [6, 6.07) is 12.6. The van der Waals surface area contributed by atoms with Crippen LogP contribution in [0.3, 0.4) is 0 Å². The van der Waals surface area contributed by atoms with E-state index >= 15 is 0 Å². The Kier molecular flexibility index (Phi) is 8.56. The molecule has 3 N–H and O–H groups in total. The number of methoxy groups -OCH3 is 3. The standard InChI is InChI=1S/C44H54N4O6/c1-7-25-15-24-20-43(41(50)53-5)39-28(13-14-48(21-24)40(25)43)29-16-30(36(52-4)19-35(29)46-39)31-17-33-26(8-2)22-47(3)37(44(33,23-49)42(51)54-6)18-32-27-11-9-10-12-34(27)45-38(31)32/h8-12,16,19,24-25,31,33,37,40,45-46,49H,7,13-15,17-18,20-23H2,1-6H3/t24-,25+,31+,33+,37+,40+,43-,44+/m1/s1. The highest BCUT2D eigenvalue weighted by atomic mass is 16.5. The first-order valence-electron chi connectivity index (χ1n) is 19.9. The molecule has 54 heavy (non-hydrogen) atoms. The smallest absolute Gasteiger partial charge is 0.319 e. The Bertz CT molecular complexity index is 2190. The van der Waals surface area contributed by atoms with Crippen LogP contribution in [0.5, 0.6) is 5.75 Å². The Morgan fingerprint density at radius 2 is 1.81 bits per heavy atom. The van der Waals surface area contributed by atoms with Gasteiger partial charge < -0.3 is 29.3 Å². The fraction of sp³-hybridized carbons (Fsp3) is 0.545. The number of H-pyrrole nitrogens is 2. The molecule has 0 spiro atoms. The molecule has 6 bridgehead atoms. The lowest BCUT2D eigenvalue weighted by Gasteiger charge is -2.57. The molecule has 1 unspecified atom stereocenters. The van der Waals surface area contributed by atoms with Crippen LogP contribution in [-0.4, -0.2) is 104 Å². The number of fused-ring (bicyclic) bond motifs is 9. The van der Waals surface area contributed by atoms with Gasteiger partial charge in [0.15, 0.2) is 0 Å². The molecule has 2 aromatic heterocycles. The molecule has 0 amide bonds. The normalized spacial score (nSPS) is 33.8. The summed E-state index contributed by atoms with van der Waals surface area (Å²) in [4.78, 5) is 41.0. The van der Waals surface area contributed by atoms with Gasteiger partial charge in [-0.05, 0) is 81.2 Å². The maximum absolute atomic E-state index is 14.3. The molecule has 0 radical (unpaired) electrons. The molecule has 4 fully saturated rings. The van der Waals surface area contributed by atoms with Crippen LogP contribution in [0.25, 0.3) is 21.8 Å². The number of likely N-dealkylation sites (N-methyl/N-ethyl adjacent to an activating group) is 1. The zero-order chi connectivity index (χ0) is 37.7. The minimum absolute atomic E-state index is 0.0942. The first-order valence-corrected chi connectivity index (χ1v) is 19.9. The van der Waals surface area contributed by atoms with E-state index < -0.39 is 10.8 Å². The third-order valence-electron chi connectivity index (χ3n) is 14.8. The van der Waals surface area contributed by atoms with Gasteiger partial charge in [0, 0.05) is 88.4 Å². The molecule has 6 heterocycles. The first kappa shape index (κ1) is 35.6. The molecule has 4 aromatic rings. The molecule has 286 valence electrons. The second-order valence-corrected chi connectivity index (χ2v) is 16.8. The number of hydrogen-bond donors (Lipinski definition) is 3. The molecule has 2 aliphatic carbocycles. The van der Waals surface area contributed by atoms with Gasteiger partial charge in [-0.3, -0.25) is 19.4 Å². The topological polar surface area (TPSA) is 120 Å². The van der Waals surface area contributed by atoms with Crippen LogP contribution in [0, 0.1) is 23.2 Å². The van der Waals surface area contributed by atoms with Gasteiger partial charge in [0.25, 0.3) is 0 Å². The SMILES string of the molecule is CC=C1CN(C)[C@H]2Cc3c([nH]c4ccccc34)[C@H](c3cc4c5c([nH]c4cc3OC)[C@]3(C(=O)OC)C[C@H]4C[C@H](CC)[C@@H]3N(CC5)C4)C[C@@H]1[C@]2(CO)C(=O)OC. The number of aliphatic hydroxyl groups excluding tert-OH is 1. The monoisotopic (exact) mass is 734 g/mol. The zero-order valence-corrected chi connectivity index (χ0v) is 32.5. The summed E-state index contributed by atoms with van der Waals surface area (Å²) in [5, 5.41) is 13.7. The lowest BCUT2D eigenvalue weighted by molar-refractivity contribution is -0.169. The number of esters is 2. The van der Waals surface area contributed by atoms with Crippen LogP contribution in [0.15, 0.2) is 48.0 Å². The van der Waals surface area contributed by atoms with Crippen molar-refractivity contribution in [3.05, 3.63) is 76.1 Å². The number of nitrogens with one attached hydrogen (secondary N) is 2. The van der Waals surface area contributed by atoms with E-state index in [-0.39, 0.29) is 42.5 Å². The molecule has 9 atom stereocenters. The summed E-state index contributed by atoms with van der Waals surface area (Å²) in [6.07, 6.45) is 7.07. The van der Waals surface area contributed by atoms with E-state index in [2.05, 4.69) is 76.2 Å². The number of para-hydroxylation sites is 1. The lowest BCUT2D eigenvalue weighted by Crippen LogP contribution is -2.67. The number of ether oxygens (including phenoxy) is 3. The fourth-order valence-electron chi connectivity index (χ4n) is 12.6. The van der Waals surface area contributed by atoms with Crippen molar-refractivity contribution in [3.8, 4) is 5.75 Å². The Labute approximate surface area is 317 Å². The van der Waals surface area contributed by atoms with E-state index in [1.807, 2.05) is 6.92 Å². The molecular formula is C44H54N4O6. The van der Waals surface area contributed by atoms with E-state index in [1.54, 1.807) is 14.2 Å². The Hall–Kier alpha value is -4.12. The molecular weight excluding hydrogens is 681 g/mol.